The van der Waals surface area contributed by atoms with Crippen LogP contribution in [0.3, 0.4) is 0 Å². The predicted octanol–water partition coefficient (Wildman–Crippen LogP) is 3.20. The van der Waals surface area contributed by atoms with Crippen molar-refractivity contribution >= 4 is 0 Å². The highest BCUT2D eigenvalue weighted by atomic mass is 16.3. The van der Waals surface area contributed by atoms with E-state index in [-0.39, 0.29) is 0 Å². The van der Waals surface area contributed by atoms with Crippen molar-refractivity contribution in [2.24, 2.45) is 0 Å². The van der Waals surface area contributed by atoms with Gasteiger partial charge in [0.15, 0.2) is 0 Å². The van der Waals surface area contributed by atoms with E-state index in [4.69, 9.17) is 4.42 Å². The van der Waals surface area contributed by atoms with Crippen LogP contribution in [0.4, 0.5) is 0 Å². The van der Waals surface area contributed by atoms with E-state index < -0.39 is 0 Å². The summed E-state index contributed by atoms with van der Waals surface area (Å²) < 4.78 is 5.17. The normalized spacial score (nSPS) is 16.5. The maximum absolute atomic E-state index is 5.17. The highest BCUT2D eigenvalue weighted by Crippen LogP contribution is 2.24. The van der Waals surface area contributed by atoms with Crippen LogP contribution < -0.4 is 5.32 Å². The van der Waals surface area contributed by atoms with Crippen LogP contribution in [-0.4, -0.2) is 24.5 Å². The molecular formula is C17H22N2O. The lowest BCUT2D eigenvalue weighted by Gasteiger charge is -2.28. The van der Waals surface area contributed by atoms with Gasteiger partial charge in [0.05, 0.1) is 12.5 Å². The minimum atomic E-state index is 0.395. The van der Waals surface area contributed by atoms with Crippen molar-refractivity contribution in [3.8, 4) is 0 Å². The predicted molar refractivity (Wildman–Crippen MR) is 80.4 cm³/mol. The lowest BCUT2D eigenvalue weighted by Crippen LogP contribution is -2.34. The van der Waals surface area contributed by atoms with E-state index in [1.54, 1.807) is 6.26 Å². The minimum absolute atomic E-state index is 0.395. The molecule has 2 aromatic rings. The number of furan rings is 1. The van der Waals surface area contributed by atoms with Crippen LogP contribution in [0.15, 0.2) is 53.3 Å². The van der Waals surface area contributed by atoms with Crippen LogP contribution in [-0.2, 0) is 6.54 Å². The number of benzene rings is 1. The summed E-state index contributed by atoms with van der Waals surface area (Å²) in [6.45, 7) is 1.91. The van der Waals surface area contributed by atoms with Crippen molar-refractivity contribution in [2.75, 3.05) is 13.6 Å². The monoisotopic (exact) mass is 270 g/mol. The third kappa shape index (κ3) is 3.50. The molecule has 1 atom stereocenters. The summed E-state index contributed by atoms with van der Waals surface area (Å²) in [5.41, 5.74) is 2.59. The smallest absolute Gasteiger partial charge is 0.0947 e. The van der Waals surface area contributed by atoms with Gasteiger partial charge < -0.3 is 9.73 Å². The van der Waals surface area contributed by atoms with Crippen LogP contribution in [0, 0.1) is 0 Å². The molecule has 1 fully saturated rings. The summed E-state index contributed by atoms with van der Waals surface area (Å²) >= 11 is 0. The Morgan fingerprint density at radius 2 is 2.05 bits per heavy atom. The molecule has 1 saturated carbocycles. The van der Waals surface area contributed by atoms with Crippen molar-refractivity contribution in [3.63, 3.8) is 0 Å². The van der Waals surface area contributed by atoms with Crippen LogP contribution in [0.5, 0.6) is 0 Å². The molecule has 0 saturated heterocycles. The second-order valence-electron chi connectivity index (χ2n) is 5.66. The Labute approximate surface area is 120 Å². The molecule has 1 unspecified atom stereocenters. The molecule has 1 aromatic heterocycles. The van der Waals surface area contributed by atoms with Gasteiger partial charge in [0.25, 0.3) is 0 Å². The van der Waals surface area contributed by atoms with E-state index >= 15 is 0 Å². The first-order valence-corrected chi connectivity index (χ1v) is 7.32. The Bertz CT molecular complexity index is 505. The van der Waals surface area contributed by atoms with Gasteiger partial charge in [-0.15, -0.1) is 0 Å². The molecule has 0 bridgehead atoms. The zero-order valence-corrected chi connectivity index (χ0v) is 12.0. The van der Waals surface area contributed by atoms with Gasteiger partial charge in [0, 0.05) is 30.7 Å². The average molecular weight is 270 g/mol. The molecule has 1 N–H and O–H groups in total. The van der Waals surface area contributed by atoms with Gasteiger partial charge in [0.1, 0.15) is 0 Å². The first-order valence-electron chi connectivity index (χ1n) is 7.32. The Hall–Kier alpha value is -1.58. The number of hydrogen-bond acceptors (Lipinski definition) is 3. The first kappa shape index (κ1) is 13.4. The van der Waals surface area contributed by atoms with Gasteiger partial charge >= 0.3 is 0 Å². The van der Waals surface area contributed by atoms with Gasteiger partial charge in [-0.2, -0.15) is 0 Å². The Morgan fingerprint density at radius 1 is 1.25 bits per heavy atom. The van der Waals surface area contributed by atoms with Crippen LogP contribution >= 0.6 is 0 Å². The van der Waals surface area contributed by atoms with E-state index in [9.17, 15) is 0 Å². The fourth-order valence-electron chi connectivity index (χ4n) is 2.55. The third-order valence-electron chi connectivity index (χ3n) is 3.91. The minimum Gasteiger partial charge on any atom is -0.472 e. The van der Waals surface area contributed by atoms with Crippen molar-refractivity contribution in [1.82, 2.24) is 10.2 Å². The maximum Gasteiger partial charge on any atom is 0.0947 e. The van der Waals surface area contributed by atoms with E-state index in [2.05, 4.69) is 47.6 Å². The molecule has 0 amide bonds. The molecule has 1 aromatic carbocycles. The first-order chi connectivity index (χ1) is 9.83. The Kier molecular flexibility index (Phi) is 4.19. The maximum atomic E-state index is 5.17. The van der Waals surface area contributed by atoms with Gasteiger partial charge in [-0.05, 0) is 31.5 Å². The number of nitrogens with zero attached hydrogens (tertiary/aromatic N) is 1. The molecule has 106 valence electrons. The zero-order valence-electron chi connectivity index (χ0n) is 12.0. The molecule has 0 aliphatic heterocycles. The second-order valence-corrected chi connectivity index (χ2v) is 5.66. The summed E-state index contributed by atoms with van der Waals surface area (Å²) in [4.78, 5) is 2.38. The van der Waals surface area contributed by atoms with E-state index in [1.807, 2.05) is 12.3 Å². The standard InChI is InChI=1S/C17H22N2O/c1-19(12-14-9-10-20-13-14)17(11-18-16-7-8-16)15-5-3-2-4-6-15/h2-6,9-10,13,16-18H,7-8,11-12H2,1H3. The lowest BCUT2D eigenvalue weighted by atomic mass is 10.1. The van der Waals surface area contributed by atoms with Gasteiger partial charge in [0.2, 0.25) is 0 Å². The molecular weight excluding hydrogens is 248 g/mol. The SMILES string of the molecule is CN(Cc1ccoc1)C(CNC1CC1)c1ccccc1. The molecule has 20 heavy (non-hydrogen) atoms. The van der Waals surface area contributed by atoms with E-state index in [0.29, 0.717) is 6.04 Å². The van der Waals surface area contributed by atoms with Gasteiger partial charge in [-0.1, -0.05) is 30.3 Å². The molecule has 0 spiro atoms. The van der Waals surface area contributed by atoms with Crippen molar-refractivity contribution in [2.45, 2.75) is 31.5 Å². The summed E-state index contributed by atoms with van der Waals surface area (Å²) in [6.07, 6.45) is 6.22. The number of hydrogen-bond donors (Lipinski definition) is 1. The topological polar surface area (TPSA) is 28.4 Å². The third-order valence-corrected chi connectivity index (χ3v) is 3.91. The van der Waals surface area contributed by atoms with E-state index in [1.165, 1.54) is 24.0 Å². The summed E-state index contributed by atoms with van der Waals surface area (Å²) in [7, 11) is 2.18. The van der Waals surface area contributed by atoms with Crippen LogP contribution in [0.1, 0.15) is 30.0 Å². The second kappa shape index (κ2) is 6.25. The largest absolute Gasteiger partial charge is 0.472 e. The fraction of sp³-hybridized carbons (Fsp3) is 0.412. The van der Waals surface area contributed by atoms with Gasteiger partial charge in [-0.3, -0.25) is 4.90 Å². The highest BCUT2D eigenvalue weighted by molar-refractivity contribution is 5.20. The summed E-state index contributed by atoms with van der Waals surface area (Å²) in [5, 5.41) is 3.65. The average Bonchev–Trinajstić information content (AvgIpc) is 3.16. The molecule has 3 heteroatoms. The fourth-order valence-corrected chi connectivity index (χ4v) is 2.55. The summed E-state index contributed by atoms with van der Waals surface area (Å²) in [5.74, 6) is 0. The molecule has 3 nitrogen and oxygen atoms in total. The van der Waals surface area contributed by atoms with Crippen LogP contribution in [0.2, 0.25) is 0 Å². The molecule has 1 heterocycles. The number of likely N-dealkylation sites (N-methyl/N-ethyl adjacent to an activating group) is 1. The molecule has 1 aliphatic carbocycles. The number of nitrogens with one attached hydrogen (secondary N) is 1. The van der Waals surface area contributed by atoms with Crippen molar-refractivity contribution in [3.05, 3.63) is 60.1 Å². The van der Waals surface area contributed by atoms with Crippen molar-refractivity contribution < 1.29 is 4.42 Å². The highest BCUT2D eigenvalue weighted by Gasteiger charge is 2.24. The van der Waals surface area contributed by atoms with Crippen LogP contribution in [0.25, 0.3) is 0 Å². The van der Waals surface area contributed by atoms with Crippen molar-refractivity contribution in [1.29, 1.82) is 0 Å². The van der Waals surface area contributed by atoms with Gasteiger partial charge in [-0.25, -0.2) is 0 Å². The van der Waals surface area contributed by atoms with E-state index in [0.717, 1.165) is 19.1 Å². The Balaban J connectivity index is 1.69. The molecule has 0 radical (unpaired) electrons. The molecule has 1 aliphatic rings. The Morgan fingerprint density at radius 3 is 2.70 bits per heavy atom. The zero-order chi connectivity index (χ0) is 13.8. The molecule has 3 rings (SSSR count). The number of rotatable bonds is 7. The quantitative estimate of drug-likeness (QED) is 0.837. The lowest BCUT2D eigenvalue weighted by molar-refractivity contribution is 0.229. The summed E-state index contributed by atoms with van der Waals surface area (Å²) in [6, 6.07) is 13.9.